The Labute approximate surface area is 89.1 Å². The molecule has 0 aromatic heterocycles. The second-order valence-electron chi connectivity index (χ2n) is 3.61. The van der Waals surface area contributed by atoms with Gasteiger partial charge in [-0.15, -0.1) is 0 Å². The largest absolute Gasteiger partial charge is 0.368 e. The maximum atomic E-state index is 11.0. The molecule has 4 nitrogen and oxygen atoms in total. The van der Waals surface area contributed by atoms with Gasteiger partial charge >= 0.3 is 0 Å². The van der Waals surface area contributed by atoms with Crippen molar-refractivity contribution in [3.05, 3.63) is 30.3 Å². The summed E-state index contributed by atoms with van der Waals surface area (Å²) in [6.45, 7) is 2.12. The van der Waals surface area contributed by atoms with Gasteiger partial charge in [-0.3, -0.25) is 4.79 Å². The maximum Gasteiger partial charge on any atom is 0.238 e. The second kappa shape index (κ2) is 4.31. The Bertz CT molecular complexity index is 339. The van der Waals surface area contributed by atoms with E-state index in [1.165, 1.54) is 0 Å². The summed E-state index contributed by atoms with van der Waals surface area (Å²) in [5.74, 6) is -0.337. The number of nitrogens with zero attached hydrogens (tertiary/aromatic N) is 2. The lowest BCUT2D eigenvalue weighted by Crippen LogP contribution is -2.52. The van der Waals surface area contributed by atoms with E-state index >= 15 is 0 Å². The van der Waals surface area contributed by atoms with E-state index in [1.54, 1.807) is 0 Å². The molecule has 1 radical (unpaired) electrons. The van der Waals surface area contributed by atoms with Crippen LogP contribution in [0.15, 0.2) is 30.3 Å². The number of primary amides is 1. The zero-order chi connectivity index (χ0) is 10.7. The molecule has 2 N–H and O–H groups in total. The van der Waals surface area contributed by atoms with E-state index in [4.69, 9.17) is 5.73 Å². The molecular formula is C11H14N3O. The Morgan fingerprint density at radius 2 is 2.13 bits per heavy atom. The monoisotopic (exact) mass is 204 g/mol. The number of hydrogen-bond acceptors (Lipinski definition) is 2. The van der Waals surface area contributed by atoms with E-state index in [2.05, 4.69) is 10.2 Å². The van der Waals surface area contributed by atoms with Gasteiger partial charge in [-0.1, -0.05) is 18.2 Å². The van der Waals surface area contributed by atoms with E-state index in [1.807, 2.05) is 30.3 Å². The standard InChI is InChI=1S/C11H14N3O/c12-11(15)10-8-14(7-6-13-10)9-4-2-1-3-5-9/h1-5,10H,6-8H2,(H2,12,15). The highest BCUT2D eigenvalue weighted by Gasteiger charge is 2.24. The third-order valence-corrected chi connectivity index (χ3v) is 2.56. The number of hydrogen-bond donors (Lipinski definition) is 1. The Morgan fingerprint density at radius 1 is 1.40 bits per heavy atom. The molecule has 1 aromatic rings. The van der Waals surface area contributed by atoms with Crippen molar-refractivity contribution in [2.75, 3.05) is 24.5 Å². The predicted octanol–water partition coefficient (Wildman–Crippen LogP) is -0.0351. The molecule has 4 heteroatoms. The summed E-state index contributed by atoms with van der Waals surface area (Å²) in [7, 11) is 0. The van der Waals surface area contributed by atoms with Crippen LogP contribution in [0.4, 0.5) is 5.69 Å². The average molecular weight is 204 g/mol. The molecule has 15 heavy (non-hydrogen) atoms. The van der Waals surface area contributed by atoms with Crippen LogP contribution in [0.1, 0.15) is 0 Å². The lowest BCUT2D eigenvalue weighted by molar-refractivity contribution is -0.120. The molecule has 1 amide bonds. The Balaban J connectivity index is 2.08. The summed E-state index contributed by atoms with van der Waals surface area (Å²) < 4.78 is 0. The SMILES string of the molecule is NC(=O)C1CN(c2ccccc2)CC[N]1. The van der Waals surface area contributed by atoms with Crippen LogP contribution in [0.3, 0.4) is 0 Å². The van der Waals surface area contributed by atoms with E-state index in [-0.39, 0.29) is 11.9 Å². The summed E-state index contributed by atoms with van der Waals surface area (Å²) in [5.41, 5.74) is 6.37. The molecule has 1 saturated heterocycles. The van der Waals surface area contributed by atoms with E-state index in [0.29, 0.717) is 13.1 Å². The third-order valence-electron chi connectivity index (χ3n) is 2.56. The average Bonchev–Trinajstić information content (AvgIpc) is 2.30. The van der Waals surface area contributed by atoms with Gasteiger partial charge in [-0.05, 0) is 12.1 Å². The zero-order valence-corrected chi connectivity index (χ0v) is 8.47. The summed E-state index contributed by atoms with van der Waals surface area (Å²) in [5, 5.41) is 4.19. The summed E-state index contributed by atoms with van der Waals surface area (Å²) in [6, 6.07) is 9.65. The summed E-state index contributed by atoms with van der Waals surface area (Å²) in [4.78, 5) is 13.2. The first-order valence-electron chi connectivity index (χ1n) is 5.03. The van der Waals surface area contributed by atoms with Crippen molar-refractivity contribution in [3.8, 4) is 0 Å². The van der Waals surface area contributed by atoms with Crippen LogP contribution < -0.4 is 16.0 Å². The van der Waals surface area contributed by atoms with Gasteiger partial charge in [0, 0.05) is 25.3 Å². The molecule has 1 unspecified atom stereocenters. The number of nitrogens with two attached hydrogens (primary N) is 1. The zero-order valence-electron chi connectivity index (χ0n) is 8.47. The molecule has 2 rings (SSSR count). The normalized spacial score (nSPS) is 21.3. The quantitative estimate of drug-likeness (QED) is 0.735. The number of carbonyl (C=O) groups is 1. The van der Waals surface area contributed by atoms with Gasteiger partial charge in [-0.25, -0.2) is 5.32 Å². The Kier molecular flexibility index (Phi) is 2.87. The van der Waals surface area contributed by atoms with Gasteiger partial charge in [0.1, 0.15) is 6.04 Å². The van der Waals surface area contributed by atoms with Crippen LogP contribution in [0, 0.1) is 0 Å². The van der Waals surface area contributed by atoms with E-state index in [9.17, 15) is 4.79 Å². The van der Waals surface area contributed by atoms with Crippen molar-refractivity contribution in [3.63, 3.8) is 0 Å². The van der Waals surface area contributed by atoms with Gasteiger partial charge in [0.25, 0.3) is 0 Å². The van der Waals surface area contributed by atoms with Gasteiger partial charge in [0.15, 0.2) is 0 Å². The number of piperazine rings is 1. The highest BCUT2D eigenvalue weighted by Crippen LogP contribution is 2.15. The van der Waals surface area contributed by atoms with Crippen LogP contribution in [0.2, 0.25) is 0 Å². The molecule has 1 heterocycles. The molecule has 1 atom stereocenters. The first kappa shape index (κ1) is 9.98. The first-order chi connectivity index (χ1) is 7.27. The third kappa shape index (κ3) is 2.27. The van der Waals surface area contributed by atoms with Crippen molar-refractivity contribution >= 4 is 11.6 Å². The number of carbonyl (C=O) groups excluding carboxylic acids is 1. The van der Waals surface area contributed by atoms with Crippen molar-refractivity contribution in [1.82, 2.24) is 5.32 Å². The van der Waals surface area contributed by atoms with Crippen molar-refractivity contribution in [1.29, 1.82) is 0 Å². The Morgan fingerprint density at radius 3 is 2.80 bits per heavy atom. The van der Waals surface area contributed by atoms with Crippen molar-refractivity contribution in [2.45, 2.75) is 6.04 Å². The topological polar surface area (TPSA) is 60.4 Å². The van der Waals surface area contributed by atoms with Crippen molar-refractivity contribution < 1.29 is 4.79 Å². The maximum absolute atomic E-state index is 11.0. The van der Waals surface area contributed by atoms with E-state index in [0.717, 1.165) is 12.2 Å². The van der Waals surface area contributed by atoms with Crippen LogP contribution in [0.25, 0.3) is 0 Å². The van der Waals surface area contributed by atoms with Crippen LogP contribution in [0.5, 0.6) is 0 Å². The fraction of sp³-hybridized carbons (Fsp3) is 0.364. The van der Waals surface area contributed by atoms with Gasteiger partial charge in [-0.2, -0.15) is 0 Å². The van der Waals surface area contributed by atoms with Crippen molar-refractivity contribution in [2.24, 2.45) is 5.73 Å². The molecule has 1 aromatic carbocycles. The minimum Gasteiger partial charge on any atom is -0.368 e. The highest BCUT2D eigenvalue weighted by molar-refractivity contribution is 5.80. The van der Waals surface area contributed by atoms with Crippen LogP contribution >= 0.6 is 0 Å². The number of benzene rings is 1. The molecule has 1 fully saturated rings. The van der Waals surface area contributed by atoms with Gasteiger partial charge in [0.2, 0.25) is 5.91 Å². The predicted molar refractivity (Wildman–Crippen MR) is 58.6 cm³/mol. The molecule has 0 saturated carbocycles. The first-order valence-corrected chi connectivity index (χ1v) is 5.03. The lowest BCUT2D eigenvalue weighted by Gasteiger charge is -2.32. The molecule has 0 aliphatic carbocycles. The molecule has 79 valence electrons. The van der Waals surface area contributed by atoms with Gasteiger partial charge in [0.05, 0.1) is 0 Å². The highest BCUT2D eigenvalue weighted by atomic mass is 16.1. The summed E-state index contributed by atoms with van der Waals surface area (Å²) in [6.07, 6.45) is 0. The lowest BCUT2D eigenvalue weighted by atomic mass is 10.2. The minimum absolute atomic E-state index is 0.337. The molecule has 0 spiro atoms. The van der Waals surface area contributed by atoms with Crippen LogP contribution in [-0.4, -0.2) is 31.6 Å². The Hall–Kier alpha value is -1.55. The smallest absolute Gasteiger partial charge is 0.238 e. The fourth-order valence-corrected chi connectivity index (χ4v) is 1.75. The second-order valence-corrected chi connectivity index (χ2v) is 3.61. The number of para-hydroxylation sites is 1. The molecule has 1 aliphatic heterocycles. The number of amides is 1. The number of rotatable bonds is 2. The van der Waals surface area contributed by atoms with Gasteiger partial charge < -0.3 is 10.6 Å². The minimum atomic E-state index is -0.362. The van der Waals surface area contributed by atoms with E-state index < -0.39 is 0 Å². The van der Waals surface area contributed by atoms with Crippen LogP contribution in [-0.2, 0) is 4.79 Å². The molecule has 1 aliphatic rings. The summed E-state index contributed by atoms with van der Waals surface area (Å²) >= 11 is 0. The molecule has 0 bridgehead atoms. The number of anilines is 1. The fourth-order valence-electron chi connectivity index (χ4n) is 1.75. The molecular weight excluding hydrogens is 190 g/mol.